The van der Waals surface area contributed by atoms with Gasteiger partial charge in [0.05, 0.1) is 0 Å². The Bertz CT molecular complexity index is 625. The summed E-state index contributed by atoms with van der Waals surface area (Å²) in [5.74, 6) is 1.04. The molecule has 0 spiro atoms. The van der Waals surface area contributed by atoms with Crippen molar-refractivity contribution in [3.8, 4) is 0 Å². The number of carbonyl (C=O) groups excluding carboxylic acids is 2. The summed E-state index contributed by atoms with van der Waals surface area (Å²) in [6.45, 7) is 8.35. The fraction of sp³-hybridized carbons (Fsp3) is 0.667. The number of carbonyl (C=O) groups is 2. The molecule has 0 heterocycles. The second-order valence-corrected chi connectivity index (χ2v) is 9.56. The van der Waals surface area contributed by atoms with Crippen molar-refractivity contribution in [1.82, 2.24) is 0 Å². The molecular weight excluding hydrogens is 352 g/mol. The molecule has 1 fully saturated rings. The Balaban J connectivity index is 2.21. The zero-order valence-corrected chi connectivity index (χ0v) is 18.4. The molecule has 0 atom stereocenters. The van der Waals surface area contributed by atoms with Gasteiger partial charge in [-0.2, -0.15) is 0 Å². The molecule has 150 valence electrons. The summed E-state index contributed by atoms with van der Waals surface area (Å²) in [7, 11) is 0. The molecule has 0 aliphatic heterocycles. The Morgan fingerprint density at radius 2 is 1.67 bits per heavy atom. The van der Waals surface area contributed by atoms with Crippen molar-refractivity contribution in [2.24, 2.45) is 17.3 Å². The summed E-state index contributed by atoms with van der Waals surface area (Å²) in [5, 5.41) is 0.166. The number of thioether (sulfide) groups is 1. The Hall–Kier alpha value is -1.09. The molecule has 1 saturated carbocycles. The minimum absolute atomic E-state index is 0.00156. The topological polar surface area (TPSA) is 34.1 Å². The third-order valence-electron chi connectivity index (χ3n) is 6.24. The highest BCUT2D eigenvalue weighted by Gasteiger charge is 2.40. The van der Waals surface area contributed by atoms with Crippen LogP contribution in [0.15, 0.2) is 29.2 Å². The van der Waals surface area contributed by atoms with Crippen LogP contribution in [0.3, 0.4) is 0 Å². The number of hydrogen-bond donors (Lipinski definition) is 0. The monoisotopic (exact) mass is 388 g/mol. The smallest absolute Gasteiger partial charge is 0.196 e. The minimum Gasteiger partial charge on any atom is -0.299 e. The fourth-order valence-electron chi connectivity index (χ4n) is 4.29. The second-order valence-electron chi connectivity index (χ2n) is 8.51. The molecule has 3 heteroatoms. The number of hydrogen-bond acceptors (Lipinski definition) is 3. The maximum absolute atomic E-state index is 13.5. The van der Waals surface area contributed by atoms with E-state index in [1.807, 2.05) is 38.1 Å². The average Bonchev–Trinajstić information content (AvgIpc) is 2.68. The van der Waals surface area contributed by atoms with Crippen LogP contribution in [0.25, 0.3) is 0 Å². The van der Waals surface area contributed by atoms with Gasteiger partial charge in [0.1, 0.15) is 5.78 Å². The van der Waals surface area contributed by atoms with Crippen molar-refractivity contribution >= 4 is 22.7 Å². The van der Waals surface area contributed by atoms with E-state index in [9.17, 15) is 9.59 Å². The van der Waals surface area contributed by atoms with Crippen molar-refractivity contribution in [2.75, 3.05) is 0 Å². The standard InChI is InChI=1S/C24H36O2S/c1-5-19(6-2)17-24(14-10-7-11-15-24)22(25)16-20-12-8-9-13-21(20)27-23(26)18(3)4/h8-9,12-13,18-19H,5-7,10-11,14-17H2,1-4H3. The van der Waals surface area contributed by atoms with Crippen LogP contribution in [-0.2, 0) is 16.0 Å². The first-order valence-electron chi connectivity index (χ1n) is 10.7. The quantitative estimate of drug-likeness (QED) is 0.434. The molecule has 2 nitrogen and oxygen atoms in total. The fourth-order valence-corrected chi connectivity index (χ4v) is 5.16. The Morgan fingerprint density at radius 1 is 1.04 bits per heavy atom. The summed E-state index contributed by atoms with van der Waals surface area (Å²) >= 11 is 1.30. The van der Waals surface area contributed by atoms with Gasteiger partial charge in [0.25, 0.3) is 0 Å². The third-order valence-corrected chi connectivity index (χ3v) is 7.53. The minimum atomic E-state index is -0.144. The van der Waals surface area contributed by atoms with Crippen LogP contribution in [0.2, 0.25) is 0 Å². The van der Waals surface area contributed by atoms with Crippen molar-refractivity contribution in [3.63, 3.8) is 0 Å². The average molecular weight is 389 g/mol. The first kappa shape index (κ1) is 22.2. The van der Waals surface area contributed by atoms with E-state index in [-0.39, 0.29) is 16.4 Å². The van der Waals surface area contributed by atoms with Crippen molar-refractivity contribution < 1.29 is 9.59 Å². The number of ketones is 1. The lowest BCUT2D eigenvalue weighted by molar-refractivity contribution is -0.131. The van der Waals surface area contributed by atoms with E-state index in [4.69, 9.17) is 0 Å². The summed E-state index contributed by atoms with van der Waals surface area (Å²) in [5.41, 5.74) is 0.880. The van der Waals surface area contributed by atoms with Crippen LogP contribution in [0.5, 0.6) is 0 Å². The SMILES string of the molecule is CCC(CC)CC1(C(=O)Cc2ccccc2SC(=O)C(C)C)CCCCC1. The summed E-state index contributed by atoms with van der Waals surface area (Å²) in [6, 6.07) is 7.97. The summed E-state index contributed by atoms with van der Waals surface area (Å²) < 4.78 is 0. The van der Waals surface area contributed by atoms with Crippen LogP contribution in [0.1, 0.15) is 84.6 Å². The molecule has 0 unspecified atom stereocenters. The van der Waals surface area contributed by atoms with E-state index in [1.54, 1.807) is 0 Å². The van der Waals surface area contributed by atoms with Crippen LogP contribution in [-0.4, -0.2) is 10.9 Å². The van der Waals surface area contributed by atoms with Crippen LogP contribution in [0, 0.1) is 17.3 Å². The molecule has 0 aromatic heterocycles. The predicted molar refractivity (Wildman–Crippen MR) is 115 cm³/mol. The number of benzene rings is 1. The zero-order chi connectivity index (χ0) is 19.9. The Labute approximate surface area is 169 Å². The molecule has 27 heavy (non-hydrogen) atoms. The van der Waals surface area contributed by atoms with E-state index >= 15 is 0 Å². The molecule has 1 aromatic rings. The summed E-state index contributed by atoms with van der Waals surface area (Å²) in [4.78, 5) is 26.7. The lowest BCUT2D eigenvalue weighted by Gasteiger charge is -2.38. The molecule has 2 rings (SSSR count). The first-order chi connectivity index (χ1) is 12.9. The molecule has 0 saturated heterocycles. The lowest BCUT2D eigenvalue weighted by Crippen LogP contribution is -2.36. The van der Waals surface area contributed by atoms with Gasteiger partial charge in [0.2, 0.25) is 0 Å². The molecule has 1 aromatic carbocycles. The summed E-state index contributed by atoms with van der Waals surface area (Å²) in [6.07, 6.45) is 9.51. The maximum atomic E-state index is 13.5. The van der Waals surface area contributed by atoms with E-state index in [0.29, 0.717) is 18.1 Å². The van der Waals surface area contributed by atoms with Gasteiger partial charge in [0.15, 0.2) is 5.12 Å². The molecule has 0 radical (unpaired) electrons. The zero-order valence-electron chi connectivity index (χ0n) is 17.6. The Morgan fingerprint density at radius 3 is 2.26 bits per heavy atom. The Kier molecular flexibility index (Phi) is 8.60. The van der Waals surface area contributed by atoms with Gasteiger partial charge in [-0.25, -0.2) is 0 Å². The third kappa shape index (κ3) is 5.94. The first-order valence-corrected chi connectivity index (χ1v) is 11.6. The van der Waals surface area contributed by atoms with Crippen LogP contribution >= 0.6 is 11.8 Å². The van der Waals surface area contributed by atoms with E-state index in [2.05, 4.69) is 13.8 Å². The van der Waals surface area contributed by atoms with E-state index in [0.717, 1.165) is 42.6 Å². The van der Waals surface area contributed by atoms with Crippen molar-refractivity contribution in [3.05, 3.63) is 29.8 Å². The molecule has 0 N–H and O–H groups in total. The van der Waals surface area contributed by atoms with Gasteiger partial charge in [-0.05, 0) is 36.8 Å². The van der Waals surface area contributed by atoms with Gasteiger partial charge in [-0.15, -0.1) is 0 Å². The van der Waals surface area contributed by atoms with Gasteiger partial charge in [0, 0.05) is 22.6 Å². The number of Topliss-reactive ketones (excluding diaryl/α,β-unsaturated/α-hetero) is 1. The van der Waals surface area contributed by atoms with Crippen LogP contribution in [0.4, 0.5) is 0 Å². The molecule has 1 aliphatic rings. The van der Waals surface area contributed by atoms with Gasteiger partial charge in [-0.1, -0.05) is 89.8 Å². The van der Waals surface area contributed by atoms with E-state index < -0.39 is 0 Å². The second kappa shape index (κ2) is 10.5. The molecule has 1 aliphatic carbocycles. The maximum Gasteiger partial charge on any atom is 0.196 e. The van der Waals surface area contributed by atoms with Crippen molar-refractivity contribution in [1.29, 1.82) is 0 Å². The molecule has 0 amide bonds. The van der Waals surface area contributed by atoms with Crippen molar-refractivity contribution in [2.45, 2.75) is 90.4 Å². The van der Waals surface area contributed by atoms with E-state index in [1.165, 1.54) is 31.0 Å². The van der Waals surface area contributed by atoms with Crippen LogP contribution < -0.4 is 0 Å². The normalized spacial score (nSPS) is 16.7. The van der Waals surface area contributed by atoms with Gasteiger partial charge >= 0.3 is 0 Å². The molecule has 0 bridgehead atoms. The highest BCUT2D eigenvalue weighted by Crippen LogP contribution is 2.44. The molecular formula is C24H36O2S. The predicted octanol–water partition coefficient (Wildman–Crippen LogP) is 6.85. The van der Waals surface area contributed by atoms with Gasteiger partial charge < -0.3 is 0 Å². The highest BCUT2D eigenvalue weighted by molar-refractivity contribution is 8.13. The lowest BCUT2D eigenvalue weighted by atomic mass is 9.65. The highest BCUT2D eigenvalue weighted by atomic mass is 32.2. The number of rotatable bonds is 9. The largest absolute Gasteiger partial charge is 0.299 e. The van der Waals surface area contributed by atoms with Gasteiger partial charge in [-0.3, -0.25) is 9.59 Å².